The van der Waals surface area contributed by atoms with Gasteiger partial charge < -0.3 is 9.64 Å². The molecule has 1 aliphatic carbocycles. The minimum absolute atomic E-state index is 0.438. The molecule has 2 nitrogen and oxygen atoms in total. The third-order valence-corrected chi connectivity index (χ3v) is 5.43. The molecule has 3 atom stereocenters. The van der Waals surface area contributed by atoms with Crippen LogP contribution in [0.5, 0.6) is 5.75 Å². The highest BCUT2D eigenvalue weighted by molar-refractivity contribution is 5.38. The molecule has 0 spiro atoms. The quantitative estimate of drug-likeness (QED) is 0.807. The molecule has 0 amide bonds. The molecular formula is C17H23NO. The summed E-state index contributed by atoms with van der Waals surface area (Å²) in [7, 11) is 2.29. The normalized spacial score (nSPS) is 33.4. The van der Waals surface area contributed by atoms with Crippen molar-refractivity contribution >= 4 is 0 Å². The van der Waals surface area contributed by atoms with E-state index in [1.54, 1.807) is 0 Å². The zero-order chi connectivity index (χ0) is 12.8. The number of rotatable bonds is 2. The highest BCUT2D eigenvalue weighted by Gasteiger charge is 2.39. The molecule has 0 saturated carbocycles. The molecule has 2 aliphatic heterocycles. The van der Waals surface area contributed by atoms with E-state index in [-0.39, 0.29) is 0 Å². The van der Waals surface area contributed by atoms with E-state index < -0.39 is 0 Å². The Labute approximate surface area is 115 Å². The van der Waals surface area contributed by atoms with Gasteiger partial charge in [0.1, 0.15) is 11.9 Å². The summed E-state index contributed by atoms with van der Waals surface area (Å²) in [5.74, 6) is 1.11. The fourth-order valence-electron chi connectivity index (χ4n) is 4.27. The van der Waals surface area contributed by atoms with E-state index in [0.29, 0.717) is 6.10 Å². The number of ether oxygens (including phenoxy) is 1. The van der Waals surface area contributed by atoms with Gasteiger partial charge >= 0.3 is 0 Å². The number of benzene rings is 1. The zero-order valence-corrected chi connectivity index (χ0v) is 11.8. The molecule has 1 aromatic rings. The standard InChI is InChI=1S/C17H23NO/c1-18-14-6-7-15(18)11-17(10-14)19-16-8-5-12-3-2-4-13(12)9-16/h5,8-9,14-15,17H,2-4,6-7,10-11H2,1H3/t14-,15+,17?. The van der Waals surface area contributed by atoms with E-state index in [2.05, 4.69) is 30.1 Å². The van der Waals surface area contributed by atoms with E-state index in [1.165, 1.54) is 56.1 Å². The Kier molecular flexibility index (Phi) is 2.80. The van der Waals surface area contributed by atoms with Gasteiger partial charge in [0.15, 0.2) is 0 Å². The molecule has 0 radical (unpaired) electrons. The smallest absolute Gasteiger partial charge is 0.120 e. The molecule has 2 heterocycles. The van der Waals surface area contributed by atoms with Crippen LogP contribution < -0.4 is 4.74 Å². The topological polar surface area (TPSA) is 12.5 Å². The average Bonchev–Trinajstić information content (AvgIpc) is 2.92. The summed E-state index contributed by atoms with van der Waals surface area (Å²) < 4.78 is 6.28. The number of piperidine rings is 1. The van der Waals surface area contributed by atoms with Crippen LogP contribution in [0.4, 0.5) is 0 Å². The first-order valence-electron chi connectivity index (χ1n) is 7.80. The minimum atomic E-state index is 0.438. The Morgan fingerprint density at radius 2 is 1.79 bits per heavy atom. The molecule has 2 heteroatoms. The monoisotopic (exact) mass is 257 g/mol. The Bertz CT molecular complexity index is 470. The summed E-state index contributed by atoms with van der Waals surface area (Å²) >= 11 is 0. The van der Waals surface area contributed by atoms with Gasteiger partial charge in [-0.2, -0.15) is 0 Å². The van der Waals surface area contributed by atoms with Crippen molar-refractivity contribution in [3.05, 3.63) is 29.3 Å². The molecule has 2 saturated heterocycles. The van der Waals surface area contributed by atoms with Crippen LogP contribution in [0.15, 0.2) is 18.2 Å². The number of hydrogen-bond donors (Lipinski definition) is 0. The third kappa shape index (κ3) is 2.06. The lowest BCUT2D eigenvalue weighted by Gasteiger charge is -2.36. The highest BCUT2D eigenvalue weighted by atomic mass is 16.5. The van der Waals surface area contributed by atoms with Crippen molar-refractivity contribution in [3.63, 3.8) is 0 Å². The fraction of sp³-hybridized carbons (Fsp3) is 0.647. The summed E-state index contributed by atoms with van der Waals surface area (Å²) in [5, 5.41) is 0. The number of aryl methyl sites for hydroxylation is 2. The third-order valence-electron chi connectivity index (χ3n) is 5.43. The molecule has 4 rings (SSSR count). The second-order valence-corrected chi connectivity index (χ2v) is 6.55. The van der Waals surface area contributed by atoms with Gasteiger partial charge in [0.25, 0.3) is 0 Å². The summed E-state index contributed by atoms with van der Waals surface area (Å²) in [6.07, 6.45) is 9.41. The van der Waals surface area contributed by atoms with Crippen molar-refractivity contribution in [1.82, 2.24) is 4.90 Å². The number of fused-ring (bicyclic) bond motifs is 3. The summed E-state index contributed by atoms with van der Waals surface area (Å²) in [6.45, 7) is 0. The van der Waals surface area contributed by atoms with E-state index in [0.717, 1.165) is 17.8 Å². The summed E-state index contributed by atoms with van der Waals surface area (Å²) in [6, 6.07) is 8.28. The highest BCUT2D eigenvalue weighted by Crippen LogP contribution is 2.36. The Morgan fingerprint density at radius 1 is 1.05 bits per heavy atom. The maximum absolute atomic E-state index is 6.28. The molecule has 2 bridgehead atoms. The number of hydrogen-bond acceptors (Lipinski definition) is 2. The molecule has 0 N–H and O–H groups in total. The maximum atomic E-state index is 6.28. The first kappa shape index (κ1) is 11.8. The van der Waals surface area contributed by atoms with Gasteiger partial charge in [0.05, 0.1) is 0 Å². The van der Waals surface area contributed by atoms with Crippen molar-refractivity contribution in [1.29, 1.82) is 0 Å². The van der Waals surface area contributed by atoms with E-state index in [1.807, 2.05) is 0 Å². The van der Waals surface area contributed by atoms with Crippen LogP contribution in [0.25, 0.3) is 0 Å². The predicted molar refractivity (Wildman–Crippen MR) is 76.7 cm³/mol. The van der Waals surface area contributed by atoms with Crippen LogP contribution in [0, 0.1) is 0 Å². The summed E-state index contributed by atoms with van der Waals surface area (Å²) in [4.78, 5) is 2.57. The minimum Gasteiger partial charge on any atom is -0.490 e. The van der Waals surface area contributed by atoms with Crippen LogP contribution in [0.2, 0.25) is 0 Å². The van der Waals surface area contributed by atoms with Gasteiger partial charge in [-0.3, -0.25) is 0 Å². The SMILES string of the molecule is CN1[C@@H]2CC[C@H]1CC(Oc1ccc3c(c1)CCC3)C2. The average molecular weight is 257 g/mol. The first-order valence-corrected chi connectivity index (χ1v) is 7.80. The van der Waals surface area contributed by atoms with Crippen LogP contribution in [0.3, 0.4) is 0 Å². The molecule has 1 unspecified atom stereocenters. The molecule has 1 aromatic carbocycles. The van der Waals surface area contributed by atoms with E-state index >= 15 is 0 Å². The van der Waals surface area contributed by atoms with Gasteiger partial charge in [0, 0.05) is 12.1 Å². The zero-order valence-electron chi connectivity index (χ0n) is 11.8. The van der Waals surface area contributed by atoms with Gasteiger partial charge in [-0.15, -0.1) is 0 Å². The maximum Gasteiger partial charge on any atom is 0.120 e. The lowest BCUT2D eigenvalue weighted by atomic mass is 10.0. The van der Waals surface area contributed by atoms with Crippen molar-refractivity contribution in [2.75, 3.05) is 7.05 Å². The second kappa shape index (κ2) is 4.52. The Balaban J connectivity index is 1.47. The van der Waals surface area contributed by atoms with Gasteiger partial charge in [-0.1, -0.05) is 6.07 Å². The van der Waals surface area contributed by atoms with Crippen LogP contribution in [-0.2, 0) is 12.8 Å². The van der Waals surface area contributed by atoms with Crippen molar-refractivity contribution in [3.8, 4) is 5.75 Å². The van der Waals surface area contributed by atoms with Crippen LogP contribution >= 0.6 is 0 Å². The Hall–Kier alpha value is -1.02. The Morgan fingerprint density at radius 3 is 2.58 bits per heavy atom. The largest absolute Gasteiger partial charge is 0.490 e. The summed E-state index contributed by atoms with van der Waals surface area (Å²) in [5.41, 5.74) is 3.06. The molecule has 3 aliphatic rings. The lowest BCUT2D eigenvalue weighted by molar-refractivity contribution is 0.0661. The number of nitrogens with zero attached hydrogens (tertiary/aromatic N) is 1. The molecule has 0 aromatic heterocycles. The molecule has 19 heavy (non-hydrogen) atoms. The van der Waals surface area contributed by atoms with Gasteiger partial charge in [0.2, 0.25) is 0 Å². The van der Waals surface area contributed by atoms with Crippen molar-refractivity contribution < 1.29 is 4.74 Å². The van der Waals surface area contributed by atoms with Gasteiger partial charge in [-0.05, 0) is 75.3 Å². The lowest BCUT2D eigenvalue weighted by Crippen LogP contribution is -2.43. The van der Waals surface area contributed by atoms with Crippen LogP contribution in [0.1, 0.15) is 43.2 Å². The van der Waals surface area contributed by atoms with Gasteiger partial charge in [-0.25, -0.2) is 0 Å². The van der Waals surface area contributed by atoms with E-state index in [4.69, 9.17) is 4.74 Å². The van der Waals surface area contributed by atoms with E-state index in [9.17, 15) is 0 Å². The van der Waals surface area contributed by atoms with Crippen molar-refractivity contribution in [2.24, 2.45) is 0 Å². The predicted octanol–water partition coefficient (Wildman–Crippen LogP) is 3.18. The van der Waals surface area contributed by atoms with Crippen molar-refractivity contribution in [2.45, 2.75) is 63.1 Å². The molecule has 2 fully saturated rings. The molecule has 102 valence electrons. The fourth-order valence-corrected chi connectivity index (χ4v) is 4.27. The molecular weight excluding hydrogens is 234 g/mol. The second-order valence-electron chi connectivity index (χ2n) is 6.55. The first-order chi connectivity index (χ1) is 9.29. The van der Waals surface area contributed by atoms with Crippen LogP contribution in [-0.4, -0.2) is 30.1 Å².